The van der Waals surface area contributed by atoms with Gasteiger partial charge in [0.05, 0.1) is 52.9 Å². The molecule has 0 aliphatic heterocycles. The minimum Gasteiger partial charge on any atom is -0.396 e. The van der Waals surface area contributed by atoms with E-state index in [1.165, 1.54) is 0 Å². The van der Waals surface area contributed by atoms with E-state index in [0.29, 0.717) is 39.6 Å². The van der Waals surface area contributed by atoms with E-state index in [-0.39, 0.29) is 26.4 Å². The van der Waals surface area contributed by atoms with Crippen molar-refractivity contribution in [3.63, 3.8) is 0 Å². The summed E-state index contributed by atoms with van der Waals surface area (Å²) in [6.07, 6.45) is 2.58. The lowest BCUT2D eigenvalue weighted by Crippen LogP contribution is -2.11. The molecule has 0 aromatic carbocycles. The average molecular weight is 298 g/mol. The van der Waals surface area contributed by atoms with E-state index in [4.69, 9.17) is 34.6 Å². The van der Waals surface area contributed by atoms with Gasteiger partial charge in [-0.25, -0.2) is 0 Å². The predicted molar refractivity (Wildman–Crippen MR) is 74.7 cm³/mol. The molecule has 0 saturated heterocycles. The molecule has 7 nitrogen and oxygen atoms in total. The van der Waals surface area contributed by atoms with Crippen LogP contribution in [0.2, 0.25) is 0 Å². The fourth-order valence-electron chi connectivity index (χ4n) is 1.07. The van der Waals surface area contributed by atoms with Gasteiger partial charge in [0.15, 0.2) is 0 Å². The molecule has 0 aliphatic rings. The zero-order valence-electron chi connectivity index (χ0n) is 12.2. The van der Waals surface area contributed by atoms with Crippen molar-refractivity contribution >= 4 is 0 Å². The van der Waals surface area contributed by atoms with Gasteiger partial charge in [0.2, 0.25) is 0 Å². The number of hydrogen-bond acceptors (Lipinski definition) is 7. The number of aliphatic hydroxyl groups is 4. The lowest BCUT2D eigenvalue weighted by molar-refractivity contribution is 0.00230. The zero-order chi connectivity index (χ0) is 15.3. The monoisotopic (exact) mass is 298 g/mol. The molecule has 0 amide bonds. The first-order chi connectivity index (χ1) is 9.83. The lowest BCUT2D eigenvalue weighted by atomic mass is 10.2. The molecule has 0 rings (SSSR count). The van der Waals surface area contributed by atoms with Crippen molar-refractivity contribution in [3.8, 4) is 0 Å². The molecule has 0 unspecified atom stereocenters. The van der Waals surface area contributed by atoms with E-state index in [1.54, 1.807) is 0 Å². The maximum Gasteiger partial charge on any atom is 0.0701 e. The number of unbranched alkanes of at least 4 members (excludes halogenated alkanes) is 2. The molecule has 0 heterocycles. The molecule has 0 fully saturated rings. The Hall–Kier alpha value is -0.280. The Morgan fingerprint density at radius 2 is 0.750 bits per heavy atom. The van der Waals surface area contributed by atoms with Crippen molar-refractivity contribution in [2.45, 2.75) is 19.3 Å². The second kappa shape index (κ2) is 23.8. The van der Waals surface area contributed by atoms with Gasteiger partial charge in [0.25, 0.3) is 0 Å². The molecule has 0 spiro atoms. The Bertz CT molecular complexity index is 133. The first-order valence-electron chi connectivity index (χ1n) is 7.00. The van der Waals surface area contributed by atoms with Crippen molar-refractivity contribution in [1.29, 1.82) is 0 Å². The molecular weight excluding hydrogens is 268 g/mol. The van der Waals surface area contributed by atoms with Gasteiger partial charge < -0.3 is 34.6 Å². The quantitative estimate of drug-likeness (QED) is 0.310. The van der Waals surface area contributed by atoms with Gasteiger partial charge in [-0.15, -0.1) is 0 Å². The third kappa shape index (κ3) is 26.3. The van der Waals surface area contributed by atoms with Crippen LogP contribution in [0.15, 0.2) is 0 Å². The molecule has 0 aliphatic carbocycles. The summed E-state index contributed by atoms with van der Waals surface area (Å²) in [5, 5.41) is 33.1. The molecule has 0 aromatic heterocycles. The summed E-state index contributed by atoms with van der Waals surface area (Å²) in [7, 11) is 0. The normalized spacial score (nSPS) is 10.2. The highest BCUT2D eigenvalue weighted by atomic mass is 16.5. The van der Waals surface area contributed by atoms with Crippen molar-refractivity contribution in [1.82, 2.24) is 0 Å². The van der Waals surface area contributed by atoms with Gasteiger partial charge >= 0.3 is 0 Å². The van der Waals surface area contributed by atoms with E-state index in [2.05, 4.69) is 0 Å². The van der Waals surface area contributed by atoms with E-state index in [1.807, 2.05) is 0 Å². The average Bonchev–Trinajstić information content (AvgIpc) is 2.47. The van der Waals surface area contributed by atoms with Crippen molar-refractivity contribution < 1.29 is 34.6 Å². The number of ether oxygens (including phenoxy) is 3. The lowest BCUT2D eigenvalue weighted by Gasteiger charge is -2.04. The van der Waals surface area contributed by atoms with E-state index in [0.717, 1.165) is 19.3 Å². The fraction of sp³-hybridized carbons (Fsp3) is 1.00. The highest BCUT2D eigenvalue weighted by molar-refractivity contribution is 4.35. The molecule has 7 heteroatoms. The maximum absolute atomic E-state index is 8.36. The molecule has 0 saturated carbocycles. The van der Waals surface area contributed by atoms with Gasteiger partial charge in [0.1, 0.15) is 0 Å². The summed E-state index contributed by atoms with van der Waals surface area (Å²) < 4.78 is 15.0. The molecular formula is C13H30O7. The van der Waals surface area contributed by atoms with Crippen molar-refractivity contribution in [3.05, 3.63) is 0 Å². The van der Waals surface area contributed by atoms with Crippen LogP contribution in [0.3, 0.4) is 0 Å². The summed E-state index contributed by atoms with van der Waals surface area (Å²) in [5.74, 6) is 0. The van der Waals surface area contributed by atoms with Gasteiger partial charge in [-0.3, -0.25) is 0 Å². The highest BCUT2D eigenvalue weighted by Gasteiger charge is 1.90. The maximum atomic E-state index is 8.36. The number of aliphatic hydroxyl groups excluding tert-OH is 4. The first-order valence-corrected chi connectivity index (χ1v) is 7.00. The third-order valence-electron chi connectivity index (χ3n) is 2.03. The standard InChI is InChI=1S/C8H18O5.C5H12O2/c9-1-3-11-5-7-13-8-6-12-4-2-10;6-4-2-1-3-5-7/h9-10H,1-8H2;6-7H,1-5H2. The SMILES string of the molecule is OCCCCCO.OCCOCCOCCOCCO. The number of rotatable bonds is 14. The molecule has 0 atom stereocenters. The Labute approximate surface area is 121 Å². The van der Waals surface area contributed by atoms with E-state index < -0.39 is 0 Å². The van der Waals surface area contributed by atoms with Gasteiger partial charge in [-0.1, -0.05) is 0 Å². The second-order valence-electron chi connectivity index (χ2n) is 3.79. The minimum atomic E-state index is 0.0413. The van der Waals surface area contributed by atoms with Gasteiger partial charge in [-0.2, -0.15) is 0 Å². The molecule has 0 bridgehead atoms. The van der Waals surface area contributed by atoms with Crippen LogP contribution >= 0.6 is 0 Å². The number of hydrogen-bond donors (Lipinski definition) is 4. The van der Waals surface area contributed by atoms with E-state index >= 15 is 0 Å². The Kier molecular flexibility index (Phi) is 26.2. The van der Waals surface area contributed by atoms with Crippen LogP contribution in [0.1, 0.15) is 19.3 Å². The summed E-state index contributed by atoms with van der Waals surface area (Å²) >= 11 is 0. The minimum absolute atomic E-state index is 0.0413. The van der Waals surface area contributed by atoms with Crippen LogP contribution in [-0.2, 0) is 14.2 Å². The van der Waals surface area contributed by atoms with E-state index in [9.17, 15) is 0 Å². The summed E-state index contributed by atoms with van der Waals surface area (Å²) in [4.78, 5) is 0. The van der Waals surface area contributed by atoms with Crippen LogP contribution in [-0.4, -0.2) is 86.5 Å². The highest BCUT2D eigenvalue weighted by Crippen LogP contribution is 1.90. The van der Waals surface area contributed by atoms with Crippen LogP contribution in [0, 0.1) is 0 Å². The Morgan fingerprint density at radius 1 is 0.400 bits per heavy atom. The smallest absolute Gasteiger partial charge is 0.0701 e. The third-order valence-corrected chi connectivity index (χ3v) is 2.03. The largest absolute Gasteiger partial charge is 0.396 e. The van der Waals surface area contributed by atoms with Gasteiger partial charge in [-0.05, 0) is 19.3 Å². The van der Waals surface area contributed by atoms with Crippen LogP contribution in [0.5, 0.6) is 0 Å². The Morgan fingerprint density at radius 3 is 1.05 bits per heavy atom. The second-order valence-corrected chi connectivity index (χ2v) is 3.79. The predicted octanol–water partition coefficient (Wildman–Crippen LogP) is -0.838. The van der Waals surface area contributed by atoms with Gasteiger partial charge in [0, 0.05) is 13.2 Å². The van der Waals surface area contributed by atoms with Crippen molar-refractivity contribution in [2.75, 3.05) is 66.1 Å². The van der Waals surface area contributed by atoms with Crippen LogP contribution in [0.4, 0.5) is 0 Å². The topological polar surface area (TPSA) is 109 Å². The zero-order valence-corrected chi connectivity index (χ0v) is 12.2. The summed E-state index contributed by atoms with van der Waals surface area (Å²) in [6.45, 7) is 3.26. The molecule has 0 radical (unpaired) electrons. The molecule has 124 valence electrons. The molecule has 20 heavy (non-hydrogen) atoms. The van der Waals surface area contributed by atoms with Crippen molar-refractivity contribution in [2.24, 2.45) is 0 Å². The van der Waals surface area contributed by atoms with Crippen LogP contribution < -0.4 is 0 Å². The summed E-state index contributed by atoms with van der Waals surface area (Å²) in [5.41, 5.74) is 0. The Balaban J connectivity index is 0. The fourth-order valence-corrected chi connectivity index (χ4v) is 1.07. The molecule has 0 aromatic rings. The first kappa shape index (κ1) is 22.0. The summed E-state index contributed by atoms with van der Waals surface area (Å²) in [6, 6.07) is 0. The van der Waals surface area contributed by atoms with Crippen LogP contribution in [0.25, 0.3) is 0 Å². The molecule has 4 N–H and O–H groups in total.